The van der Waals surface area contributed by atoms with Crippen LogP contribution in [0.25, 0.3) is 10.6 Å². The molecule has 1 N–H and O–H groups in total. The lowest BCUT2D eigenvalue weighted by Crippen LogP contribution is -2.56. The van der Waals surface area contributed by atoms with Gasteiger partial charge in [0.25, 0.3) is 5.91 Å². The number of pyridine rings is 1. The molecule has 34 heavy (non-hydrogen) atoms. The van der Waals surface area contributed by atoms with Crippen molar-refractivity contribution in [2.75, 3.05) is 6.61 Å². The number of ether oxygens (including phenoxy) is 1. The molecule has 178 valence electrons. The van der Waals surface area contributed by atoms with Crippen LogP contribution in [0.2, 0.25) is 5.02 Å². The van der Waals surface area contributed by atoms with Crippen LogP contribution in [0.5, 0.6) is 5.75 Å². The lowest BCUT2D eigenvalue weighted by Gasteiger charge is -2.44. The maximum Gasteiger partial charge on any atom is 0.328 e. The molecular formula is C21H16ClF3N4O4S. The van der Waals surface area contributed by atoms with Crippen molar-refractivity contribution in [1.29, 1.82) is 0 Å². The molecule has 0 spiro atoms. The van der Waals surface area contributed by atoms with Gasteiger partial charge in [-0.05, 0) is 25.5 Å². The number of halogens is 4. The molecular weight excluding hydrogens is 497 g/mol. The largest absolute Gasteiger partial charge is 0.503 e. The fraction of sp³-hybridized carbons (Fsp3) is 0.333. The van der Waals surface area contributed by atoms with Crippen molar-refractivity contribution in [2.45, 2.75) is 38.1 Å². The zero-order valence-corrected chi connectivity index (χ0v) is 19.0. The Balaban J connectivity index is 1.57. The number of aromatic nitrogens is 3. The number of amides is 1. The van der Waals surface area contributed by atoms with Gasteiger partial charge in [-0.1, -0.05) is 29.0 Å². The number of alkyl halides is 2. The third-order valence-corrected chi connectivity index (χ3v) is 7.21. The molecule has 2 aliphatic heterocycles. The van der Waals surface area contributed by atoms with Gasteiger partial charge >= 0.3 is 5.92 Å². The molecule has 1 saturated heterocycles. The summed E-state index contributed by atoms with van der Waals surface area (Å²) < 4.78 is 51.2. The average molecular weight is 513 g/mol. The summed E-state index contributed by atoms with van der Waals surface area (Å²) in [5, 5.41) is 16.1. The molecule has 2 aromatic heterocycles. The number of aromatic hydroxyl groups is 1. The number of rotatable bonds is 3. The molecule has 8 nitrogen and oxygen atoms in total. The van der Waals surface area contributed by atoms with Gasteiger partial charge in [0.2, 0.25) is 5.43 Å². The quantitative estimate of drug-likeness (QED) is 0.576. The molecule has 5 rings (SSSR count). The number of fused-ring (bicyclic) bond motifs is 2. The molecule has 4 heterocycles. The van der Waals surface area contributed by atoms with Crippen LogP contribution in [0.15, 0.2) is 29.2 Å². The Morgan fingerprint density at radius 2 is 2.06 bits per heavy atom. The highest BCUT2D eigenvalue weighted by molar-refractivity contribution is 7.14. The number of benzene rings is 1. The SMILES string of the molecule is C[C@@H]1CCO[C@H]2Cn3cc(-c4nnc(C(F)(F)c5cccc(Cl)c5F)s4)c(=O)c(O)c3C(=O)N12. The van der Waals surface area contributed by atoms with Gasteiger partial charge in [-0.25, -0.2) is 4.39 Å². The van der Waals surface area contributed by atoms with Gasteiger partial charge in [0.1, 0.15) is 0 Å². The van der Waals surface area contributed by atoms with E-state index in [1.165, 1.54) is 21.7 Å². The Bertz CT molecular complexity index is 1380. The number of carbonyl (C=O) groups excluding carboxylic acids is 1. The smallest absolute Gasteiger partial charge is 0.328 e. The molecule has 0 unspecified atom stereocenters. The van der Waals surface area contributed by atoms with Crippen molar-refractivity contribution in [2.24, 2.45) is 0 Å². The summed E-state index contributed by atoms with van der Waals surface area (Å²) in [5.41, 5.74) is -2.37. The first kappa shape index (κ1) is 22.8. The first-order valence-electron chi connectivity index (χ1n) is 10.2. The minimum Gasteiger partial charge on any atom is -0.503 e. The van der Waals surface area contributed by atoms with Crippen molar-refractivity contribution in [3.05, 3.63) is 61.7 Å². The molecule has 13 heteroatoms. The highest BCUT2D eigenvalue weighted by atomic mass is 35.5. The van der Waals surface area contributed by atoms with E-state index in [9.17, 15) is 27.9 Å². The summed E-state index contributed by atoms with van der Waals surface area (Å²) in [6.45, 7) is 2.42. The Kier molecular flexibility index (Phi) is 5.41. The van der Waals surface area contributed by atoms with E-state index in [-0.39, 0.29) is 28.9 Å². The lowest BCUT2D eigenvalue weighted by molar-refractivity contribution is -0.112. The van der Waals surface area contributed by atoms with E-state index in [1.807, 2.05) is 6.92 Å². The maximum absolute atomic E-state index is 15.0. The number of nitrogens with zero attached hydrogens (tertiary/aromatic N) is 4. The molecule has 2 aliphatic rings. The van der Waals surface area contributed by atoms with Crippen molar-refractivity contribution in [1.82, 2.24) is 19.7 Å². The van der Waals surface area contributed by atoms with Crippen molar-refractivity contribution >= 4 is 28.8 Å². The fourth-order valence-corrected chi connectivity index (χ4v) is 5.15. The van der Waals surface area contributed by atoms with E-state index in [4.69, 9.17) is 16.3 Å². The summed E-state index contributed by atoms with van der Waals surface area (Å²) >= 11 is 6.00. The number of carbonyl (C=O) groups is 1. The van der Waals surface area contributed by atoms with Crippen LogP contribution < -0.4 is 5.43 Å². The maximum atomic E-state index is 15.0. The number of hydrogen-bond acceptors (Lipinski definition) is 7. The Hall–Kier alpha value is -2.96. The zero-order valence-electron chi connectivity index (χ0n) is 17.5. The molecule has 0 radical (unpaired) electrons. The van der Waals surface area contributed by atoms with E-state index in [2.05, 4.69) is 10.2 Å². The van der Waals surface area contributed by atoms with Crippen LogP contribution in [-0.4, -0.2) is 49.6 Å². The summed E-state index contributed by atoms with van der Waals surface area (Å²) in [7, 11) is 0. The molecule has 1 fully saturated rings. The first-order chi connectivity index (χ1) is 16.1. The van der Waals surface area contributed by atoms with Crippen molar-refractivity contribution in [3.8, 4) is 16.3 Å². The minimum absolute atomic E-state index is 0.127. The van der Waals surface area contributed by atoms with Crippen LogP contribution in [0.1, 0.15) is 34.4 Å². The molecule has 0 bridgehead atoms. The first-order valence-corrected chi connectivity index (χ1v) is 11.4. The van der Waals surface area contributed by atoms with E-state index < -0.39 is 50.6 Å². The summed E-state index contributed by atoms with van der Waals surface area (Å²) in [4.78, 5) is 27.3. The zero-order chi connectivity index (χ0) is 24.4. The highest BCUT2D eigenvalue weighted by Gasteiger charge is 2.43. The van der Waals surface area contributed by atoms with Gasteiger partial charge in [-0.3, -0.25) is 9.59 Å². The Morgan fingerprint density at radius 1 is 1.29 bits per heavy atom. The van der Waals surface area contributed by atoms with Crippen molar-refractivity contribution in [3.63, 3.8) is 0 Å². The Morgan fingerprint density at radius 3 is 2.82 bits per heavy atom. The summed E-state index contributed by atoms with van der Waals surface area (Å²) in [6.07, 6.45) is 1.27. The fourth-order valence-electron chi connectivity index (χ4n) is 4.13. The minimum atomic E-state index is -3.88. The van der Waals surface area contributed by atoms with E-state index in [1.54, 1.807) is 0 Å². The van der Waals surface area contributed by atoms with Gasteiger partial charge in [0, 0.05) is 12.2 Å². The molecule has 2 atom stereocenters. The van der Waals surface area contributed by atoms with Crippen LogP contribution in [0.4, 0.5) is 13.2 Å². The average Bonchev–Trinajstić information content (AvgIpc) is 3.29. The van der Waals surface area contributed by atoms with Gasteiger partial charge in [0.15, 0.2) is 33.5 Å². The van der Waals surface area contributed by atoms with Crippen LogP contribution in [0, 0.1) is 5.82 Å². The predicted molar refractivity (Wildman–Crippen MR) is 116 cm³/mol. The normalized spacial score (nSPS) is 20.3. The van der Waals surface area contributed by atoms with E-state index in [0.29, 0.717) is 24.4 Å². The standard InChI is InChI=1S/C21H16ClF3N4O4S/c1-9-5-6-33-13-8-28-7-10(16(30)17(31)15(28)19(32)29(9)13)18-26-27-20(34-18)21(24,25)11-3-2-4-12(22)14(11)23/h2-4,7,9,13,31H,5-6,8H2,1H3/t9-,13+/m1/s1. The molecule has 1 amide bonds. The predicted octanol–water partition coefficient (Wildman–Crippen LogP) is 3.60. The topological polar surface area (TPSA) is 97.5 Å². The van der Waals surface area contributed by atoms with Gasteiger partial charge in [-0.2, -0.15) is 8.78 Å². The third-order valence-electron chi connectivity index (χ3n) is 5.89. The third kappa shape index (κ3) is 3.39. The monoisotopic (exact) mass is 512 g/mol. The number of hydrogen-bond donors (Lipinski definition) is 1. The molecule has 1 aromatic carbocycles. The van der Waals surface area contributed by atoms with Crippen LogP contribution >= 0.6 is 22.9 Å². The highest BCUT2D eigenvalue weighted by Crippen LogP contribution is 2.41. The van der Waals surface area contributed by atoms with Crippen LogP contribution in [-0.2, 0) is 17.2 Å². The van der Waals surface area contributed by atoms with E-state index >= 15 is 0 Å². The van der Waals surface area contributed by atoms with Crippen LogP contribution in [0.3, 0.4) is 0 Å². The lowest BCUT2D eigenvalue weighted by atomic mass is 10.1. The second-order valence-electron chi connectivity index (χ2n) is 7.99. The summed E-state index contributed by atoms with van der Waals surface area (Å²) in [6, 6.07) is 3.05. The van der Waals surface area contributed by atoms with Crippen molar-refractivity contribution < 1.29 is 27.8 Å². The van der Waals surface area contributed by atoms with Gasteiger partial charge in [0.05, 0.1) is 29.3 Å². The molecule has 3 aromatic rings. The molecule has 0 saturated carbocycles. The Labute approximate surface area is 199 Å². The van der Waals surface area contributed by atoms with Gasteiger partial charge < -0.3 is 19.3 Å². The second kappa shape index (κ2) is 8.07. The second-order valence-corrected chi connectivity index (χ2v) is 9.37. The summed E-state index contributed by atoms with van der Waals surface area (Å²) in [5.74, 6) is -6.55. The van der Waals surface area contributed by atoms with E-state index in [0.717, 1.165) is 12.1 Å². The molecule has 0 aliphatic carbocycles. The van der Waals surface area contributed by atoms with Gasteiger partial charge in [-0.15, -0.1) is 10.2 Å².